The number of hydrogen-bond donors (Lipinski definition) is 1. The number of hydrogen-bond acceptors (Lipinski definition) is 1. The van der Waals surface area contributed by atoms with Crippen LogP contribution in [-0.4, -0.2) is 6.04 Å². The second-order valence-electron chi connectivity index (χ2n) is 4.97. The third kappa shape index (κ3) is 3.89. The fourth-order valence-electron chi connectivity index (χ4n) is 1.89. The molecule has 4 heteroatoms. The van der Waals surface area contributed by atoms with Crippen molar-refractivity contribution >= 4 is 34.8 Å². The van der Waals surface area contributed by atoms with E-state index < -0.39 is 0 Å². The molecule has 0 saturated heterocycles. The molecule has 2 aromatic rings. The highest BCUT2D eigenvalue weighted by molar-refractivity contribution is 6.35. The molecule has 0 aliphatic carbocycles. The molecule has 1 nitrogen and oxygen atoms in total. The van der Waals surface area contributed by atoms with Crippen LogP contribution in [-0.2, 0) is 6.54 Å². The minimum atomic E-state index is 0.424. The van der Waals surface area contributed by atoms with Crippen molar-refractivity contribution in [1.82, 2.24) is 5.32 Å². The van der Waals surface area contributed by atoms with Gasteiger partial charge >= 0.3 is 0 Å². The number of benzene rings is 2. The molecular formula is C16H16Cl3N. The summed E-state index contributed by atoms with van der Waals surface area (Å²) in [5, 5.41) is 5.40. The van der Waals surface area contributed by atoms with Crippen molar-refractivity contribution < 1.29 is 0 Å². The molecule has 1 N–H and O–H groups in total. The lowest BCUT2D eigenvalue weighted by Crippen LogP contribution is -2.21. The zero-order valence-corrected chi connectivity index (χ0v) is 13.7. The van der Waals surface area contributed by atoms with Crippen LogP contribution in [0.4, 0.5) is 0 Å². The Morgan fingerprint density at radius 2 is 1.70 bits per heavy atom. The van der Waals surface area contributed by atoms with Crippen LogP contribution in [0.2, 0.25) is 15.1 Å². The topological polar surface area (TPSA) is 12.0 Å². The zero-order chi connectivity index (χ0) is 14.7. The van der Waals surface area contributed by atoms with Gasteiger partial charge in [-0.2, -0.15) is 0 Å². The normalized spacial score (nSPS) is 11.1. The molecule has 0 radical (unpaired) electrons. The highest BCUT2D eigenvalue weighted by Crippen LogP contribution is 2.32. The summed E-state index contributed by atoms with van der Waals surface area (Å²) in [6, 6.07) is 11.8. The van der Waals surface area contributed by atoms with Crippen LogP contribution in [0.25, 0.3) is 11.1 Å². The van der Waals surface area contributed by atoms with E-state index in [1.54, 1.807) is 12.1 Å². The highest BCUT2D eigenvalue weighted by atomic mass is 35.5. The first-order chi connectivity index (χ1) is 9.47. The molecule has 0 aliphatic rings. The van der Waals surface area contributed by atoms with Crippen LogP contribution in [0.1, 0.15) is 19.4 Å². The highest BCUT2D eigenvalue weighted by Gasteiger charge is 2.08. The van der Waals surface area contributed by atoms with E-state index >= 15 is 0 Å². The van der Waals surface area contributed by atoms with Crippen molar-refractivity contribution in [2.75, 3.05) is 0 Å². The Morgan fingerprint density at radius 3 is 2.35 bits per heavy atom. The monoisotopic (exact) mass is 327 g/mol. The second-order valence-corrected chi connectivity index (χ2v) is 6.22. The SMILES string of the molecule is CC(C)NCc1ccc(-c2cc(Cl)ccc2Cl)cc1Cl. The molecule has 0 amide bonds. The van der Waals surface area contributed by atoms with E-state index in [4.69, 9.17) is 34.8 Å². The summed E-state index contributed by atoms with van der Waals surface area (Å²) in [4.78, 5) is 0. The lowest BCUT2D eigenvalue weighted by atomic mass is 10.0. The summed E-state index contributed by atoms with van der Waals surface area (Å²) >= 11 is 18.6. The van der Waals surface area contributed by atoms with Crippen molar-refractivity contribution in [3.05, 3.63) is 57.0 Å². The average Bonchev–Trinajstić information content (AvgIpc) is 2.40. The van der Waals surface area contributed by atoms with Gasteiger partial charge in [0.1, 0.15) is 0 Å². The van der Waals surface area contributed by atoms with E-state index in [1.807, 2.05) is 24.3 Å². The van der Waals surface area contributed by atoms with Gasteiger partial charge in [-0.1, -0.05) is 60.8 Å². The predicted octanol–water partition coefficient (Wildman–Crippen LogP) is 5.81. The lowest BCUT2D eigenvalue weighted by molar-refractivity contribution is 0.589. The molecule has 0 aliphatic heterocycles. The summed E-state index contributed by atoms with van der Waals surface area (Å²) in [5.74, 6) is 0. The Kier molecular flexibility index (Phi) is 5.34. The van der Waals surface area contributed by atoms with Crippen LogP contribution in [0.5, 0.6) is 0 Å². The van der Waals surface area contributed by atoms with Crippen LogP contribution in [0, 0.1) is 0 Å². The molecule has 2 rings (SSSR count). The molecule has 106 valence electrons. The van der Waals surface area contributed by atoms with Crippen LogP contribution in [0.15, 0.2) is 36.4 Å². The molecule has 0 aromatic heterocycles. The van der Waals surface area contributed by atoms with E-state index in [1.165, 1.54) is 0 Å². The molecule has 2 aromatic carbocycles. The Labute approximate surface area is 134 Å². The first-order valence-corrected chi connectivity index (χ1v) is 7.58. The van der Waals surface area contributed by atoms with Crippen LogP contribution >= 0.6 is 34.8 Å². The Bertz CT molecular complexity index is 609. The van der Waals surface area contributed by atoms with Gasteiger partial charge in [-0.15, -0.1) is 0 Å². The van der Waals surface area contributed by atoms with Gasteiger partial charge in [-0.3, -0.25) is 0 Å². The molecular weight excluding hydrogens is 313 g/mol. The fourth-order valence-corrected chi connectivity index (χ4v) is 2.54. The van der Waals surface area contributed by atoms with Gasteiger partial charge in [0.25, 0.3) is 0 Å². The van der Waals surface area contributed by atoms with E-state index in [2.05, 4.69) is 19.2 Å². The molecule has 0 bridgehead atoms. The first-order valence-electron chi connectivity index (χ1n) is 6.44. The van der Waals surface area contributed by atoms with Gasteiger partial charge in [-0.25, -0.2) is 0 Å². The van der Waals surface area contributed by atoms with Gasteiger partial charge in [-0.05, 0) is 35.4 Å². The zero-order valence-electron chi connectivity index (χ0n) is 11.4. The Balaban J connectivity index is 2.31. The molecule has 20 heavy (non-hydrogen) atoms. The van der Waals surface area contributed by atoms with Crippen LogP contribution in [0.3, 0.4) is 0 Å². The summed E-state index contributed by atoms with van der Waals surface area (Å²) in [5.41, 5.74) is 2.93. The standard InChI is InChI=1S/C16H16Cl3N/c1-10(2)20-9-12-4-3-11(7-16(12)19)14-8-13(17)5-6-15(14)18/h3-8,10,20H,9H2,1-2H3. The predicted molar refractivity (Wildman–Crippen MR) is 88.9 cm³/mol. The largest absolute Gasteiger partial charge is 0.310 e. The van der Waals surface area contributed by atoms with Crippen molar-refractivity contribution in [2.45, 2.75) is 26.4 Å². The second kappa shape index (κ2) is 6.82. The van der Waals surface area contributed by atoms with Gasteiger partial charge in [0.2, 0.25) is 0 Å². The molecule has 0 unspecified atom stereocenters. The van der Waals surface area contributed by atoms with Crippen molar-refractivity contribution in [1.29, 1.82) is 0 Å². The van der Waals surface area contributed by atoms with E-state index in [0.717, 1.165) is 28.3 Å². The van der Waals surface area contributed by atoms with Crippen molar-refractivity contribution in [3.8, 4) is 11.1 Å². The number of nitrogens with one attached hydrogen (secondary N) is 1. The maximum Gasteiger partial charge on any atom is 0.0485 e. The summed E-state index contributed by atoms with van der Waals surface area (Å²) < 4.78 is 0. The first kappa shape index (κ1) is 15.7. The number of halogens is 3. The molecule has 0 saturated carbocycles. The molecule has 0 atom stereocenters. The van der Waals surface area contributed by atoms with E-state index in [9.17, 15) is 0 Å². The lowest BCUT2D eigenvalue weighted by Gasteiger charge is -2.12. The van der Waals surface area contributed by atoms with Gasteiger partial charge < -0.3 is 5.32 Å². The summed E-state index contributed by atoms with van der Waals surface area (Å²) in [6.45, 7) is 4.96. The number of rotatable bonds is 4. The summed E-state index contributed by atoms with van der Waals surface area (Å²) in [6.07, 6.45) is 0. The molecule has 0 fully saturated rings. The maximum absolute atomic E-state index is 6.34. The third-order valence-electron chi connectivity index (χ3n) is 2.99. The third-order valence-corrected chi connectivity index (χ3v) is 3.91. The maximum atomic E-state index is 6.34. The Morgan fingerprint density at radius 1 is 0.950 bits per heavy atom. The smallest absolute Gasteiger partial charge is 0.0485 e. The van der Waals surface area contributed by atoms with Gasteiger partial charge in [0, 0.05) is 33.2 Å². The average molecular weight is 329 g/mol. The van der Waals surface area contributed by atoms with Crippen molar-refractivity contribution in [2.24, 2.45) is 0 Å². The summed E-state index contributed by atoms with van der Waals surface area (Å²) in [7, 11) is 0. The van der Waals surface area contributed by atoms with Crippen molar-refractivity contribution in [3.63, 3.8) is 0 Å². The van der Waals surface area contributed by atoms with E-state index in [0.29, 0.717) is 16.1 Å². The molecule has 0 heterocycles. The van der Waals surface area contributed by atoms with Gasteiger partial charge in [0.15, 0.2) is 0 Å². The quantitative estimate of drug-likeness (QED) is 0.746. The minimum Gasteiger partial charge on any atom is -0.310 e. The molecule has 0 spiro atoms. The Hall–Kier alpha value is -0.730. The van der Waals surface area contributed by atoms with Crippen LogP contribution < -0.4 is 5.32 Å². The van der Waals surface area contributed by atoms with Gasteiger partial charge in [0.05, 0.1) is 0 Å². The minimum absolute atomic E-state index is 0.424. The van der Waals surface area contributed by atoms with E-state index in [-0.39, 0.29) is 0 Å². The fraction of sp³-hybridized carbons (Fsp3) is 0.250.